The SMILES string of the molecule is CC(=O)N(c1ccccc1O)S(=O)(=O)c1ccc(C)cc1. The molecule has 5 nitrogen and oxygen atoms in total. The molecule has 2 aromatic carbocycles. The second-order valence-electron chi connectivity index (χ2n) is 4.59. The molecule has 6 heteroatoms. The highest BCUT2D eigenvalue weighted by atomic mass is 32.2. The lowest BCUT2D eigenvalue weighted by Gasteiger charge is -2.21. The zero-order valence-electron chi connectivity index (χ0n) is 11.6. The third-order valence-corrected chi connectivity index (χ3v) is 4.75. The fourth-order valence-electron chi connectivity index (χ4n) is 1.92. The van der Waals surface area contributed by atoms with Gasteiger partial charge >= 0.3 is 0 Å². The van der Waals surface area contributed by atoms with Gasteiger partial charge < -0.3 is 5.11 Å². The molecule has 1 amide bonds. The zero-order valence-corrected chi connectivity index (χ0v) is 12.5. The number of aryl methyl sites for hydroxylation is 1. The quantitative estimate of drug-likeness (QED) is 0.945. The van der Waals surface area contributed by atoms with Crippen LogP contribution in [0, 0.1) is 6.92 Å². The summed E-state index contributed by atoms with van der Waals surface area (Å²) in [5.41, 5.74) is 0.844. The number of sulfonamides is 1. The summed E-state index contributed by atoms with van der Waals surface area (Å²) >= 11 is 0. The molecule has 0 atom stereocenters. The number of para-hydroxylation sites is 2. The molecule has 0 bridgehead atoms. The topological polar surface area (TPSA) is 74.7 Å². The third kappa shape index (κ3) is 2.90. The van der Waals surface area contributed by atoms with Crippen LogP contribution in [-0.4, -0.2) is 19.4 Å². The van der Waals surface area contributed by atoms with E-state index < -0.39 is 15.9 Å². The van der Waals surface area contributed by atoms with Gasteiger partial charge in [0.1, 0.15) is 11.4 Å². The van der Waals surface area contributed by atoms with Crippen molar-refractivity contribution in [3.05, 3.63) is 54.1 Å². The van der Waals surface area contributed by atoms with Crippen molar-refractivity contribution in [1.29, 1.82) is 0 Å². The summed E-state index contributed by atoms with van der Waals surface area (Å²) in [5, 5.41) is 9.83. The molecule has 0 fully saturated rings. The number of aromatic hydroxyl groups is 1. The minimum absolute atomic E-state index is 0.00782. The largest absolute Gasteiger partial charge is 0.506 e. The maximum Gasteiger partial charge on any atom is 0.271 e. The second-order valence-corrected chi connectivity index (χ2v) is 6.38. The first-order valence-corrected chi connectivity index (χ1v) is 7.68. The third-order valence-electron chi connectivity index (χ3n) is 2.95. The molecule has 0 saturated heterocycles. The van der Waals surface area contributed by atoms with E-state index in [1.807, 2.05) is 6.92 Å². The van der Waals surface area contributed by atoms with E-state index in [4.69, 9.17) is 0 Å². The van der Waals surface area contributed by atoms with Gasteiger partial charge in [0, 0.05) is 6.92 Å². The van der Waals surface area contributed by atoms with Crippen LogP contribution < -0.4 is 4.31 Å². The Bertz CT molecular complexity index is 767. The number of amides is 1. The lowest BCUT2D eigenvalue weighted by atomic mass is 10.2. The lowest BCUT2D eigenvalue weighted by molar-refractivity contribution is -0.115. The number of phenols is 1. The van der Waals surface area contributed by atoms with Crippen molar-refractivity contribution in [3.63, 3.8) is 0 Å². The van der Waals surface area contributed by atoms with Crippen LogP contribution in [-0.2, 0) is 14.8 Å². The van der Waals surface area contributed by atoms with Crippen molar-refractivity contribution in [2.24, 2.45) is 0 Å². The summed E-state index contributed by atoms with van der Waals surface area (Å²) in [6.45, 7) is 2.97. The van der Waals surface area contributed by atoms with Crippen molar-refractivity contribution in [3.8, 4) is 5.75 Å². The van der Waals surface area contributed by atoms with Crippen molar-refractivity contribution in [1.82, 2.24) is 0 Å². The lowest BCUT2D eigenvalue weighted by Crippen LogP contribution is -2.35. The molecule has 21 heavy (non-hydrogen) atoms. The van der Waals surface area contributed by atoms with Gasteiger partial charge in [-0.2, -0.15) is 4.31 Å². The fraction of sp³-hybridized carbons (Fsp3) is 0.133. The molecule has 0 heterocycles. The number of nitrogens with zero attached hydrogens (tertiary/aromatic N) is 1. The number of anilines is 1. The van der Waals surface area contributed by atoms with Crippen LogP contribution in [0.4, 0.5) is 5.69 Å². The second kappa shape index (κ2) is 5.57. The van der Waals surface area contributed by atoms with Crippen LogP contribution >= 0.6 is 0 Å². The van der Waals surface area contributed by atoms with Crippen LogP contribution in [0.15, 0.2) is 53.4 Å². The molecule has 0 radical (unpaired) electrons. The molecular formula is C15H15NO4S. The number of benzene rings is 2. The number of carbonyl (C=O) groups is 1. The summed E-state index contributed by atoms with van der Waals surface area (Å²) in [6, 6.07) is 12.0. The van der Waals surface area contributed by atoms with E-state index in [9.17, 15) is 18.3 Å². The minimum Gasteiger partial charge on any atom is -0.506 e. The number of phenolic OH excluding ortho intramolecular Hbond substituents is 1. The van der Waals surface area contributed by atoms with Gasteiger partial charge in [0.05, 0.1) is 4.90 Å². The smallest absolute Gasteiger partial charge is 0.271 e. The molecule has 0 aromatic heterocycles. The maximum atomic E-state index is 12.6. The molecule has 2 aromatic rings. The highest BCUT2D eigenvalue weighted by Gasteiger charge is 2.30. The van der Waals surface area contributed by atoms with Gasteiger partial charge in [-0.05, 0) is 31.2 Å². The Morgan fingerprint density at radius 1 is 1.05 bits per heavy atom. The zero-order chi connectivity index (χ0) is 15.6. The summed E-state index contributed by atoms with van der Waals surface area (Å²) < 4.78 is 25.9. The molecule has 2 rings (SSSR count). The van der Waals surface area contributed by atoms with Crippen LogP contribution in [0.1, 0.15) is 12.5 Å². The van der Waals surface area contributed by atoms with Crippen LogP contribution in [0.2, 0.25) is 0 Å². The standard InChI is InChI=1S/C15H15NO4S/c1-11-7-9-13(10-8-11)21(19,20)16(12(2)17)14-5-3-4-6-15(14)18/h3-10,18H,1-2H3. The Kier molecular flexibility index (Phi) is 3.99. The van der Waals surface area contributed by atoms with Crippen molar-refractivity contribution in [2.75, 3.05) is 4.31 Å². The van der Waals surface area contributed by atoms with E-state index in [0.717, 1.165) is 12.5 Å². The van der Waals surface area contributed by atoms with Crippen molar-refractivity contribution < 1.29 is 18.3 Å². The Labute approximate surface area is 123 Å². The average molecular weight is 305 g/mol. The molecule has 0 aliphatic carbocycles. The Morgan fingerprint density at radius 3 is 2.14 bits per heavy atom. The molecule has 0 unspecified atom stereocenters. The van der Waals surface area contributed by atoms with E-state index >= 15 is 0 Å². The van der Waals surface area contributed by atoms with Gasteiger partial charge in [-0.1, -0.05) is 29.8 Å². The summed E-state index contributed by atoms with van der Waals surface area (Å²) in [7, 11) is -4.07. The van der Waals surface area contributed by atoms with Crippen LogP contribution in [0.25, 0.3) is 0 Å². The monoisotopic (exact) mass is 305 g/mol. The van der Waals surface area contributed by atoms with E-state index in [2.05, 4.69) is 0 Å². The van der Waals surface area contributed by atoms with Gasteiger partial charge in [-0.3, -0.25) is 4.79 Å². The van der Waals surface area contributed by atoms with Gasteiger partial charge in [-0.15, -0.1) is 0 Å². The highest BCUT2D eigenvalue weighted by molar-refractivity contribution is 7.93. The molecule has 1 N–H and O–H groups in total. The predicted octanol–water partition coefficient (Wildman–Crippen LogP) is 2.44. The first-order valence-electron chi connectivity index (χ1n) is 6.24. The average Bonchev–Trinajstić information content (AvgIpc) is 2.41. The van der Waals surface area contributed by atoms with E-state index in [-0.39, 0.29) is 16.3 Å². The fourth-order valence-corrected chi connectivity index (χ4v) is 3.36. The minimum atomic E-state index is -4.07. The van der Waals surface area contributed by atoms with Crippen LogP contribution in [0.5, 0.6) is 5.75 Å². The summed E-state index contributed by atoms with van der Waals surface area (Å²) in [6.07, 6.45) is 0. The Morgan fingerprint density at radius 2 is 1.62 bits per heavy atom. The van der Waals surface area contributed by atoms with Crippen molar-refractivity contribution in [2.45, 2.75) is 18.7 Å². The number of hydrogen-bond donors (Lipinski definition) is 1. The molecule has 0 saturated carbocycles. The van der Waals surface area contributed by atoms with E-state index in [0.29, 0.717) is 4.31 Å². The molecule has 0 spiro atoms. The van der Waals surface area contributed by atoms with Gasteiger partial charge in [0.25, 0.3) is 10.0 Å². The van der Waals surface area contributed by atoms with Crippen LogP contribution in [0.3, 0.4) is 0 Å². The Hall–Kier alpha value is -2.34. The normalized spacial score (nSPS) is 11.1. The maximum absolute atomic E-state index is 12.6. The molecule has 0 aliphatic rings. The number of carbonyl (C=O) groups excluding carboxylic acids is 1. The van der Waals surface area contributed by atoms with E-state index in [1.165, 1.54) is 24.3 Å². The summed E-state index contributed by atoms with van der Waals surface area (Å²) in [4.78, 5) is 11.8. The Balaban J connectivity index is 2.60. The molecular weight excluding hydrogens is 290 g/mol. The number of hydrogen-bond acceptors (Lipinski definition) is 4. The summed E-state index contributed by atoms with van der Waals surface area (Å²) in [5.74, 6) is -0.972. The molecule has 0 aliphatic heterocycles. The molecule has 110 valence electrons. The van der Waals surface area contributed by atoms with Crippen molar-refractivity contribution >= 4 is 21.6 Å². The predicted molar refractivity (Wildman–Crippen MR) is 79.6 cm³/mol. The van der Waals surface area contributed by atoms with Gasteiger partial charge in [0.15, 0.2) is 0 Å². The van der Waals surface area contributed by atoms with Gasteiger partial charge in [-0.25, -0.2) is 8.42 Å². The first kappa shape index (κ1) is 15.1. The number of rotatable bonds is 3. The van der Waals surface area contributed by atoms with E-state index in [1.54, 1.807) is 24.3 Å². The highest BCUT2D eigenvalue weighted by Crippen LogP contribution is 2.31. The van der Waals surface area contributed by atoms with Gasteiger partial charge in [0.2, 0.25) is 5.91 Å². The first-order chi connectivity index (χ1) is 9.84.